The maximum absolute atomic E-state index is 14.2. The van der Waals surface area contributed by atoms with E-state index in [1.54, 1.807) is 0 Å². The van der Waals surface area contributed by atoms with Crippen LogP contribution < -0.4 is 20.5 Å². The molecule has 4 rings (SSSR count). The number of nitrogens with zero attached hydrogens (tertiary/aromatic N) is 1. The number of nitrogens with two attached hydrogens (primary N) is 1. The minimum atomic E-state index is -0.718. The molecule has 0 bridgehead atoms. The van der Waals surface area contributed by atoms with Gasteiger partial charge in [-0.15, -0.1) is 0 Å². The Morgan fingerprint density at radius 3 is 2.77 bits per heavy atom. The smallest absolute Gasteiger partial charge is 0.252 e. The summed E-state index contributed by atoms with van der Waals surface area (Å²) in [5, 5.41) is 3.44. The monoisotopic (exact) mass is 359 g/mol. The Balaban J connectivity index is 1.66. The van der Waals surface area contributed by atoms with Gasteiger partial charge < -0.3 is 20.5 Å². The third-order valence-corrected chi connectivity index (χ3v) is 5.33. The number of hydrogen-bond donors (Lipinski definition) is 2. The van der Waals surface area contributed by atoms with E-state index < -0.39 is 11.7 Å². The summed E-state index contributed by atoms with van der Waals surface area (Å²) in [6.07, 6.45) is 1.03. The van der Waals surface area contributed by atoms with Gasteiger partial charge in [-0.1, -0.05) is 6.92 Å². The number of halogens is 1. The molecule has 0 radical (unpaired) electrons. The Morgan fingerprint density at radius 2 is 2.15 bits per heavy atom. The van der Waals surface area contributed by atoms with Gasteiger partial charge in [0.1, 0.15) is 18.2 Å². The Hall–Kier alpha value is -2.90. The zero-order valence-corrected chi connectivity index (χ0v) is 14.3. The maximum atomic E-state index is 14.2. The highest BCUT2D eigenvalue weighted by molar-refractivity contribution is 6.01. The summed E-state index contributed by atoms with van der Waals surface area (Å²) in [7, 11) is 1.39. The van der Waals surface area contributed by atoms with E-state index in [2.05, 4.69) is 10.3 Å². The summed E-state index contributed by atoms with van der Waals surface area (Å²) < 4.78 is 25.2. The molecule has 26 heavy (non-hydrogen) atoms. The molecule has 1 aromatic carbocycles. The molecule has 2 aliphatic rings. The lowest BCUT2D eigenvalue weighted by Crippen LogP contribution is -2.36. The molecule has 2 heterocycles. The number of methoxy groups -OCH3 is 1. The van der Waals surface area contributed by atoms with Crippen molar-refractivity contribution >= 4 is 22.6 Å². The summed E-state index contributed by atoms with van der Waals surface area (Å²) in [5.41, 5.74) is 5.41. The normalized spacial score (nSPS) is 26.3. The quantitative estimate of drug-likeness (QED) is 0.836. The first-order valence-corrected chi connectivity index (χ1v) is 8.31. The van der Waals surface area contributed by atoms with Crippen molar-refractivity contribution < 1.29 is 23.5 Å². The number of amides is 2. The van der Waals surface area contributed by atoms with Crippen molar-refractivity contribution in [3.63, 3.8) is 0 Å². The number of primary amides is 1. The number of piperidine rings is 1. The fourth-order valence-electron chi connectivity index (χ4n) is 3.91. The molecule has 1 aliphatic heterocycles. The van der Waals surface area contributed by atoms with Crippen LogP contribution in [0.4, 0.5) is 4.39 Å². The second-order valence-electron chi connectivity index (χ2n) is 6.76. The first kappa shape index (κ1) is 16.6. The van der Waals surface area contributed by atoms with Crippen LogP contribution in [0.3, 0.4) is 0 Å². The van der Waals surface area contributed by atoms with Crippen molar-refractivity contribution in [1.29, 1.82) is 0 Å². The van der Waals surface area contributed by atoms with E-state index in [0.29, 0.717) is 11.3 Å². The molecule has 136 valence electrons. The van der Waals surface area contributed by atoms with Gasteiger partial charge in [-0.2, -0.15) is 0 Å². The molecule has 8 heteroatoms. The van der Waals surface area contributed by atoms with Crippen LogP contribution in [0.25, 0.3) is 10.8 Å². The van der Waals surface area contributed by atoms with E-state index in [4.69, 9.17) is 15.2 Å². The average Bonchev–Trinajstić information content (AvgIpc) is 3.16. The molecule has 7 nitrogen and oxygen atoms in total. The molecule has 1 saturated carbocycles. The van der Waals surface area contributed by atoms with Crippen molar-refractivity contribution in [2.45, 2.75) is 13.0 Å². The molecule has 3 N–H and O–H groups in total. The SMILES string of the molecule is COc1cc2c(OC[C@H]3NC(=O)[C@@H]4[C@@H](C)[C@@H]43)ncc(F)c2cc1C(N)=O. The molecular formula is C18H18FN3O4. The van der Waals surface area contributed by atoms with Gasteiger partial charge in [0, 0.05) is 11.3 Å². The fourth-order valence-corrected chi connectivity index (χ4v) is 3.91. The van der Waals surface area contributed by atoms with Crippen molar-refractivity contribution in [1.82, 2.24) is 10.3 Å². The second-order valence-corrected chi connectivity index (χ2v) is 6.76. The summed E-state index contributed by atoms with van der Waals surface area (Å²) in [6, 6.07) is 2.73. The molecular weight excluding hydrogens is 341 g/mol. The third-order valence-electron chi connectivity index (χ3n) is 5.33. The van der Waals surface area contributed by atoms with E-state index >= 15 is 0 Å². The van der Waals surface area contributed by atoms with Crippen LogP contribution in [0.2, 0.25) is 0 Å². The van der Waals surface area contributed by atoms with Gasteiger partial charge in [0.25, 0.3) is 5.91 Å². The number of benzene rings is 1. The fraction of sp³-hybridized carbons (Fsp3) is 0.389. The summed E-state index contributed by atoms with van der Waals surface area (Å²) >= 11 is 0. The topological polar surface area (TPSA) is 104 Å². The van der Waals surface area contributed by atoms with Crippen LogP contribution in [0.5, 0.6) is 11.6 Å². The summed E-state index contributed by atoms with van der Waals surface area (Å²) in [4.78, 5) is 27.4. The Labute approximate surface area is 148 Å². The molecule has 1 aliphatic carbocycles. The minimum Gasteiger partial charge on any atom is -0.496 e. The van der Waals surface area contributed by atoms with Gasteiger partial charge in [-0.05, 0) is 24.0 Å². The van der Waals surface area contributed by atoms with Crippen molar-refractivity contribution in [3.05, 3.63) is 29.7 Å². The molecule has 0 spiro atoms. The Morgan fingerprint density at radius 1 is 1.38 bits per heavy atom. The molecule has 2 fully saturated rings. The van der Waals surface area contributed by atoms with Gasteiger partial charge in [0.15, 0.2) is 0 Å². The van der Waals surface area contributed by atoms with E-state index in [-0.39, 0.29) is 53.0 Å². The van der Waals surface area contributed by atoms with E-state index in [9.17, 15) is 14.0 Å². The van der Waals surface area contributed by atoms with Gasteiger partial charge >= 0.3 is 0 Å². The molecule has 1 aromatic heterocycles. The van der Waals surface area contributed by atoms with Gasteiger partial charge in [0.2, 0.25) is 11.8 Å². The lowest BCUT2D eigenvalue weighted by molar-refractivity contribution is -0.121. The molecule has 4 atom stereocenters. The molecule has 2 amide bonds. The average molecular weight is 359 g/mol. The van der Waals surface area contributed by atoms with Crippen LogP contribution in [0.15, 0.2) is 18.3 Å². The molecule has 1 saturated heterocycles. The number of aromatic nitrogens is 1. The number of rotatable bonds is 5. The van der Waals surface area contributed by atoms with E-state index in [0.717, 1.165) is 6.20 Å². The number of carbonyl (C=O) groups excluding carboxylic acids is 2. The van der Waals surface area contributed by atoms with Crippen LogP contribution in [0.1, 0.15) is 17.3 Å². The number of fused-ring (bicyclic) bond motifs is 2. The Bertz CT molecular complexity index is 932. The summed E-state index contributed by atoms with van der Waals surface area (Å²) in [5.74, 6) is -0.138. The minimum absolute atomic E-state index is 0.0563. The van der Waals surface area contributed by atoms with Crippen molar-refractivity contribution in [2.75, 3.05) is 13.7 Å². The predicted octanol–water partition coefficient (Wildman–Crippen LogP) is 1.24. The van der Waals surface area contributed by atoms with E-state index in [1.807, 2.05) is 6.92 Å². The number of ether oxygens (including phenoxy) is 2. The number of nitrogens with one attached hydrogen (secondary N) is 1. The highest BCUT2D eigenvalue weighted by Crippen LogP contribution is 2.52. The van der Waals surface area contributed by atoms with Crippen molar-refractivity contribution in [2.24, 2.45) is 23.5 Å². The zero-order chi connectivity index (χ0) is 18.6. The second kappa shape index (κ2) is 5.82. The van der Waals surface area contributed by atoms with Crippen LogP contribution in [-0.2, 0) is 4.79 Å². The number of hydrogen-bond acceptors (Lipinski definition) is 5. The lowest BCUT2D eigenvalue weighted by Gasteiger charge is -2.17. The Kier molecular flexibility index (Phi) is 3.71. The third kappa shape index (κ3) is 2.44. The van der Waals surface area contributed by atoms with Gasteiger partial charge in [-0.3, -0.25) is 9.59 Å². The largest absolute Gasteiger partial charge is 0.496 e. The van der Waals surface area contributed by atoms with Crippen LogP contribution >= 0.6 is 0 Å². The van der Waals surface area contributed by atoms with Crippen LogP contribution in [-0.4, -0.2) is 36.6 Å². The standard InChI is InChI=1S/C18H18FN3O4/c1-7-14-12(22-17(24)15(7)14)6-26-18-9-4-13(25-2)10(16(20)23)3-8(9)11(19)5-21-18/h3-5,7,12,14-15H,6H2,1-2H3,(H2,20,23)(H,22,24)/t7-,12+,14+,15+/m0/s1. The summed E-state index contributed by atoms with van der Waals surface area (Å²) in [6.45, 7) is 2.29. The zero-order valence-electron chi connectivity index (χ0n) is 14.3. The number of carbonyl (C=O) groups is 2. The highest BCUT2D eigenvalue weighted by Gasteiger charge is 2.61. The molecule has 0 unspecified atom stereocenters. The first-order valence-electron chi connectivity index (χ1n) is 8.31. The van der Waals surface area contributed by atoms with Gasteiger partial charge in [-0.25, -0.2) is 9.37 Å². The highest BCUT2D eigenvalue weighted by atomic mass is 19.1. The predicted molar refractivity (Wildman–Crippen MR) is 90.3 cm³/mol. The first-order chi connectivity index (χ1) is 12.4. The molecule has 2 aromatic rings. The van der Waals surface area contributed by atoms with E-state index in [1.165, 1.54) is 19.2 Å². The van der Waals surface area contributed by atoms with Crippen molar-refractivity contribution in [3.8, 4) is 11.6 Å². The van der Waals surface area contributed by atoms with Gasteiger partial charge in [0.05, 0.1) is 30.3 Å². The van der Waals surface area contributed by atoms with Crippen LogP contribution in [0, 0.1) is 23.6 Å². The lowest BCUT2D eigenvalue weighted by atomic mass is 10.1. The maximum Gasteiger partial charge on any atom is 0.252 e. The number of pyridine rings is 1.